The molecule has 0 saturated carbocycles. The molecule has 0 saturated heterocycles. The van der Waals surface area contributed by atoms with E-state index in [0.717, 1.165) is 11.1 Å². The number of hydrogen-bond acceptors (Lipinski definition) is 7. The van der Waals surface area contributed by atoms with Gasteiger partial charge in [0.1, 0.15) is 6.10 Å². The van der Waals surface area contributed by atoms with Crippen molar-refractivity contribution in [1.29, 1.82) is 0 Å². The number of aliphatic hydroxyl groups is 3. The minimum Gasteiger partial charge on any atom is -0.395 e. The minimum absolute atomic E-state index is 0.0831. The summed E-state index contributed by atoms with van der Waals surface area (Å²) in [6.45, 7) is 3.75. The molecule has 0 fully saturated rings. The Kier molecular flexibility index (Phi) is 9.79. The van der Waals surface area contributed by atoms with Crippen molar-refractivity contribution < 1.29 is 24.9 Å². The molecule has 4 aromatic rings. The van der Waals surface area contributed by atoms with Gasteiger partial charge in [-0.15, -0.1) is 5.10 Å². The van der Waals surface area contributed by atoms with E-state index < -0.39 is 29.4 Å². The Morgan fingerprint density at radius 2 is 1.87 bits per heavy atom. The summed E-state index contributed by atoms with van der Waals surface area (Å²) in [5, 5.41) is 43.0. The number of aromatic nitrogens is 3. The van der Waals surface area contributed by atoms with E-state index in [4.69, 9.17) is 11.6 Å². The van der Waals surface area contributed by atoms with E-state index in [0.29, 0.717) is 40.6 Å². The second kappa shape index (κ2) is 13.7. The lowest BCUT2D eigenvalue weighted by Crippen LogP contribution is -2.44. The number of amides is 2. The van der Waals surface area contributed by atoms with Gasteiger partial charge in [-0.3, -0.25) is 14.3 Å². The lowest BCUT2D eigenvalue weighted by Gasteiger charge is -2.27. The molecule has 0 radical (unpaired) electrons. The molecule has 10 nitrogen and oxygen atoms in total. The molecule has 2 heterocycles. The lowest BCUT2D eigenvalue weighted by atomic mass is 9.83. The number of hydrogen-bond donors (Lipinski definition) is 4. The first-order valence-electron chi connectivity index (χ1n) is 14.8. The van der Waals surface area contributed by atoms with Gasteiger partial charge in [-0.25, -0.2) is 0 Å². The van der Waals surface area contributed by atoms with E-state index >= 15 is 0 Å². The van der Waals surface area contributed by atoms with Gasteiger partial charge in [-0.05, 0) is 54.8 Å². The predicted molar refractivity (Wildman–Crippen MR) is 172 cm³/mol. The maximum absolute atomic E-state index is 13.9. The van der Waals surface area contributed by atoms with Gasteiger partial charge < -0.3 is 25.5 Å². The summed E-state index contributed by atoms with van der Waals surface area (Å²) in [6, 6.07) is 21.7. The Bertz CT molecular complexity index is 1690. The topological polar surface area (TPSA) is 141 Å². The van der Waals surface area contributed by atoms with Gasteiger partial charge in [0.2, 0.25) is 0 Å². The van der Waals surface area contributed by atoms with Crippen LogP contribution in [0.4, 0.5) is 11.4 Å². The lowest BCUT2D eigenvalue weighted by molar-refractivity contribution is -0.139. The van der Waals surface area contributed by atoms with Crippen LogP contribution in [0.2, 0.25) is 5.02 Å². The Morgan fingerprint density at radius 1 is 1.09 bits per heavy atom. The molecule has 234 valence electrons. The second-order valence-electron chi connectivity index (χ2n) is 11.2. The van der Waals surface area contributed by atoms with Crippen LogP contribution in [0, 0.1) is 5.92 Å². The highest BCUT2D eigenvalue weighted by atomic mass is 35.5. The minimum atomic E-state index is -1.85. The molecule has 1 aliphatic rings. The van der Waals surface area contributed by atoms with Crippen molar-refractivity contribution >= 4 is 34.8 Å². The number of halogens is 1. The quantitative estimate of drug-likeness (QED) is 0.170. The summed E-state index contributed by atoms with van der Waals surface area (Å²) in [7, 11) is 0. The summed E-state index contributed by atoms with van der Waals surface area (Å²) in [6.07, 6.45) is 4.95. The van der Waals surface area contributed by atoms with E-state index in [1.165, 1.54) is 11.8 Å². The van der Waals surface area contributed by atoms with Crippen molar-refractivity contribution in [3.05, 3.63) is 119 Å². The molecule has 4 N–H and O–H groups in total. The van der Waals surface area contributed by atoms with Gasteiger partial charge in [0, 0.05) is 34.9 Å². The number of anilines is 2. The van der Waals surface area contributed by atoms with Crippen LogP contribution in [0.15, 0.2) is 91.1 Å². The molecule has 1 aliphatic heterocycles. The van der Waals surface area contributed by atoms with Crippen molar-refractivity contribution in [3.63, 3.8) is 0 Å². The summed E-state index contributed by atoms with van der Waals surface area (Å²) < 4.78 is 1.71. The predicted octanol–water partition coefficient (Wildman–Crippen LogP) is 4.39. The number of fused-ring (bicyclic) bond motifs is 1. The smallest absolute Gasteiger partial charge is 0.264 e. The summed E-state index contributed by atoms with van der Waals surface area (Å²) in [4.78, 5) is 27.4. The number of carbonyl (C=O) groups excluding carboxylic acids is 2. The maximum Gasteiger partial charge on any atom is 0.264 e. The third kappa shape index (κ3) is 6.84. The number of benzene rings is 3. The van der Waals surface area contributed by atoms with Crippen molar-refractivity contribution in [2.24, 2.45) is 5.92 Å². The number of rotatable bonds is 12. The van der Waals surface area contributed by atoms with Crippen LogP contribution in [0.1, 0.15) is 48.6 Å². The third-order valence-electron chi connectivity index (χ3n) is 8.05. The van der Waals surface area contributed by atoms with Crippen molar-refractivity contribution in [2.75, 3.05) is 16.8 Å². The molecule has 5 rings (SSSR count). The number of allylic oxidation sites excluding steroid dienone is 1. The van der Waals surface area contributed by atoms with Crippen LogP contribution in [0.3, 0.4) is 0 Å². The molecule has 1 unspecified atom stereocenters. The zero-order valence-electron chi connectivity index (χ0n) is 25.0. The van der Waals surface area contributed by atoms with Crippen molar-refractivity contribution in [1.82, 2.24) is 15.0 Å². The number of aryl methyl sites for hydroxylation is 1. The molecule has 1 aromatic heterocycles. The molecule has 11 heteroatoms. The molecule has 0 aliphatic carbocycles. The number of nitrogens with one attached hydrogen (secondary N) is 1. The van der Waals surface area contributed by atoms with Crippen LogP contribution in [0.5, 0.6) is 0 Å². The van der Waals surface area contributed by atoms with E-state index in [1.54, 1.807) is 48.0 Å². The molecule has 0 bridgehead atoms. The molecule has 3 aromatic carbocycles. The van der Waals surface area contributed by atoms with Crippen LogP contribution >= 0.6 is 11.6 Å². The number of nitrogens with zero attached hydrogens (tertiary/aromatic N) is 4. The highest BCUT2D eigenvalue weighted by molar-refractivity contribution is 6.31. The number of carbonyl (C=O) groups is 2. The van der Waals surface area contributed by atoms with Gasteiger partial charge in [0.15, 0.2) is 5.60 Å². The van der Waals surface area contributed by atoms with E-state index in [1.807, 2.05) is 54.7 Å². The first-order valence-corrected chi connectivity index (χ1v) is 15.1. The van der Waals surface area contributed by atoms with Gasteiger partial charge >= 0.3 is 0 Å². The largest absolute Gasteiger partial charge is 0.395 e. The molecule has 0 spiro atoms. The van der Waals surface area contributed by atoms with Crippen LogP contribution in [-0.2, 0) is 28.3 Å². The highest BCUT2D eigenvalue weighted by Crippen LogP contribution is 2.46. The normalized spacial score (nSPS) is 18.2. The zero-order valence-corrected chi connectivity index (χ0v) is 25.8. The molecular weight excluding hydrogens is 594 g/mol. The monoisotopic (exact) mass is 629 g/mol. The van der Waals surface area contributed by atoms with Gasteiger partial charge in [0.25, 0.3) is 11.8 Å². The van der Waals surface area contributed by atoms with E-state index in [9.17, 15) is 24.9 Å². The Hall–Kier alpha value is -4.35. The average Bonchev–Trinajstić information content (AvgIpc) is 3.57. The summed E-state index contributed by atoms with van der Waals surface area (Å²) in [5.74, 6) is -1.87. The van der Waals surface area contributed by atoms with Gasteiger partial charge in [-0.1, -0.05) is 78.4 Å². The SMILES string of the molecule is C[C@H](O)C(=O)Nc1cccc(CN2C(=O)[C@](O)([C@H](C)/C=C/CCn3cc(C(CO)c4ccccc4)nn3)c3cc(Cl)ccc32)c1. The van der Waals surface area contributed by atoms with Crippen LogP contribution in [0.25, 0.3) is 0 Å². The fourth-order valence-corrected chi connectivity index (χ4v) is 5.71. The zero-order chi connectivity index (χ0) is 32.1. The van der Waals surface area contributed by atoms with Crippen LogP contribution < -0.4 is 10.2 Å². The van der Waals surface area contributed by atoms with Crippen molar-refractivity contribution in [3.8, 4) is 0 Å². The fraction of sp³-hybridized carbons (Fsp3) is 0.294. The molecule has 45 heavy (non-hydrogen) atoms. The molecular formula is C34H36ClN5O5. The first kappa shape index (κ1) is 32.1. The highest BCUT2D eigenvalue weighted by Gasteiger charge is 2.52. The molecule has 4 atom stereocenters. The first-order chi connectivity index (χ1) is 21.6. The Labute approximate surface area is 266 Å². The van der Waals surface area contributed by atoms with Gasteiger partial charge in [-0.2, -0.15) is 0 Å². The number of aliphatic hydroxyl groups excluding tert-OH is 2. The summed E-state index contributed by atoms with van der Waals surface area (Å²) in [5.41, 5.74) is 1.98. The fourth-order valence-electron chi connectivity index (χ4n) is 5.54. The van der Waals surface area contributed by atoms with E-state index in [2.05, 4.69) is 15.6 Å². The van der Waals surface area contributed by atoms with Crippen molar-refractivity contribution in [2.45, 2.75) is 51.0 Å². The Morgan fingerprint density at radius 3 is 2.60 bits per heavy atom. The summed E-state index contributed by atoms with van der Waals surface area (Å²) >= 11 is 6.32. The third-order valence-corrected chi connectivity index (χ3v) is 8.29. The Balaban J connectivity index is 1.29. The van der Waals surface area contributed by atoms with E-state index in [-0.39, 0.29) is 19.1 Å². The standard InChI is InChI=1S/C34H36ClN5O5/c1-22(9-6-7-16-39-20-30(37-38-39)28(21-41)25-11-4-3-5-12-25)34(45)29-18-26(35)14-15-31(29)40(33(34)44)19-24-10-8-13-27(17-24)36-32(43)23(2)42/h3-6,8-15,17-18,20,22-23,28,41-42,45H,7,16,19,21H2,1-2H3,(H,36,43)/b9-6+/t22-,23+,28?,34+/m1/s1. The van der Waals surface area contributed by atoms with Crippen LogP contribution in [-0.4, -0.2) is 54.8 Å². The maximum atomic E-state index is 13.9. The van der Waals surface area contributed by atoms with Gasteiger partial charge in [0.05, 0.1) is 30.5 Å². The molecule has 2 amide bonds. The second-order valence-corrected chi connectivity index (χ2v) is 11.7. The average molecular weight is 630 g/mol.